The van der Waals surface area contributed by atoms with Crippen molar-refractivity contribution in [1.29, 1.82) is 0 Å². The van der Waals surface area contributed by atoms with Gasteiger partial charge in [-0.05, 0) is 31.0 Å². The zero-order valence-corrected chi connectivity index (χ0v) is 19.3. The Morgan fingerprint density at radius 2 is 1.97 bits per heavy atom. The van der Waals surface area contributed by atoms with Crippen LogP contribution in [-0.4, -0.2) is 59.3 Å². The molecule has 4 heterocycles. The first-order chi connectivity index (χ1) is 15.3. The number of aryl methyl sites for hydroxylation is 1. The van der Waals surface area contributed by atoms with E-state index in [9.17, 15) is 13.2 Å². The highest BCUT2D eigenvalue weighted by Crippen LogP contribution is 2.26. The maximum atomic E-state index is 12.7. The van der Waals surface area contributed by atoms with E-state index in [2.05, 4.69) is 26.9 Å². The molecule has 4 rings (SSSR count). The Hall–Kier alpha value is -2.85. The Labute approximate surface area is 187 Å². The fraction of sp³-hybridized carbons (Fsp3) is 0.455. The van der Waals surface area contributed by atoms with Crippen molar-refractivity contribution in [2.24, 2.45) is 0 Å². The average Bonchev–Trinajstić information content (AvgIpc) is 3.21. The SMILES string of the molecule is CCc1cc2nc(-c3nc(CS(=O)(=O)CC)cc(N4C(=O)COC[C@@H]4CC)n3)ccc2[nH]1. The van der Waals surface area contributed by atoms with E-state index in [-0.39, 0.29) is 30.1 Å². The van der Waals surface area contributed by atoms with Gasteiger partial charge in [-0.1, -0.05) is 20.8 Å². The van der Waals surface area contributed by atoms with Crippen LogP contribution in [0.15, 0.2) is 24.3 Å². The monoisotopic (exact) mass is 457 g/mol. The largest absolute Gasteiger partial charge is 0.369 e. The number of ether oxygens (including phenoxy) is 1. The van der Waals surface area contributed by atoms with E-state index in [1.165, 1.54) is 0 Å². The van der Waals surface area contributed by atoms with E-state index in [1.807, 2.05) is 19.1 Å². The van der Waals surface area contributed by atoms with Gasteiger partial charge in [-0.2, -0.15) is 0 Å². The Morgan fingerprint density at radius 3 is 2.69 bits per heavy atom. The van der Waals surface area contributed by atoms with E-state index in [1.54, 1.807) is 24.0 Å². The summed E-state index contributed by atoms with van der Waals surface area (Å²) in [6.07, 6.45) is 1.54. The van der Waals surface area contributed by atoms with Gasteiger partial charge in [0.1, 0.15) is 18.1 Å². The van der Waals surface area contributed by atoms with Gasteiger partial charge in [-0.25, -0.2) is 23.4 Å². The fourth-order valence-electron chi connectivity index (χ4n) is 3.75. The first-order valence-electron chi connectivity index (χ1n) is 10.8. The van der Waals surface area contributed by atoms with Crippen molar-refractivity contribution in [3.8, 4) is 11.5 Å². The van der Waals surface area contributed by atoms with Crippen LogP contribution in [0.2, 0.25) is 0 Å². The Morgan fingerprint density at radius 1 is 1.16 bits per heavy atom. The van der Waals surface area contributed by atoms with Gasteiger partial charge >= 0.3 is 0 Å². The minimum atomic E-state index is -3.33. The normalized spacial score (nSPS) is 17.3. The molecule has 1 N–H and O–H groups in total. The van der Waals surface area contributed by atoms with Gasteiger partial charge in [0.05, 0.1) is 35.1 Å². The highest BCUT2D eigenvalue weighted by molar-refractivity contribution is 7.90. The van der Waals surface area contributed by atoms with Gasteiger partial charge in [0.2, 0.25) is 0 Å². The first kappa shape index (κ1) is 22.3. The number of carbonyl (C=O) groups is 1. The number of morpholine rings is 1. The second kappa shape index (κ2) is 8.95. The zero-order chi connectivity index (χ0) is 22.9. The molecule has 1 atom stereocenters. The molecule has 3 aromatic heterocycles. The third-order valence-electron chi connectivity index (χ3n) is 5.60. The van der Waals surface area contributed by atoms with E-state index >= 15 is 0 Å². The molecular formula is C22H27N5O4S. The molecule has 0 aliphatic carbocycles. The third-order valence-corrected chi connectivity index (χ3v) is 7.22. The number of hydrogen-bond donors (Lipinski definition) is 1. The Bertz CT molecular complexity index is 1250. The highest BCUT2D eigenvalue weighted by atomic mass is 32.2. The Kier molecular flexibility index (Phi) is 6.25. The molecule has 0 aromatic carbocycles. The molecule has 1 aliphatic rings. The van der Waals surface area contributed by atoms with E-state index in [4.69, 9.17) is 4.74 Å². The number of sulfone groups is 1. The van der Waals surface area contributed by atoms with Crippen molar-refractivity contribution in [3.05, 3.63) is 35.7 Å². The van der Waals surface area contributed by atoms with Gasteiger partial charge in [-0.15, -0.1) is 0 Å². The summed E-state index contributed by atoms with van der Waals surface area (Å²) in [5.74, 6) is 0.232. The lowest BCUT2D eigenvalue weighted by atomic mass is 10.1. The molecule has 170 valence electrons. The van der Waals surface area contributed by atoms with Gasteiger partial charge in [-0.3, -0.25) is 9.69 Å². The number of fused-ring (bicyclic) bond motifs is 1. The number of pyridine rings is 1. The van der Waals surface area contributed by atoms with Gasteiger partial charge in [0.15, 0.2) is 15.7 Å². The quantitative estimate of drug-likeness (QED) is 0.579. The predicted octanol–water partition coefficient (Wildman–Crippen LogP) is 2.66. The lowest BCUT2D eigenvalue weighted by molar-refractivity contribution is -0.127. The van der Waals surface area contributed by atoms with Crippen LogP contribution < -0.4 is 4.90 Å². The molecule has 0 radical (unpaired) electrons. The summed E-state index contributed by atoms with van der Waals surface area (Å²) in [4.78, 5) is 31.4. The number of hydrogen-bond acceptors (Lipinski definition) is 7. The van der Waals surface area contributed by atoms with Crippen LogP contribution in [0, 0.1) is 0 Å². The molecule has 1 amide bonds. The van der Waals surface area contributed by atoms with Crippen molar-refractivity contribution >= 4 is 32.6 Å². The number of H-pyrrole nitrogens is 1. The summed E-state index contributed by atoms with van der Waals surface area (Å²) in [6, 6.07) is 7.09. The summed E-state index contributed by atoms with van der Waals surface area (Å²) in [6.45, 7) is 5.99. The van der Waals surface area contributed by atoms with Crippen LogP contribution in [0.1, 0.15) is 38.6 Å². The summed E-state index contributed by atoms with van der Waals surface area (Å²) in [7, 11) is -3.33. The lowest BCUT2D eigenvalue weighted by Gasteiger charge is -2.34. The topological polar surface area (TPSA) is 118 Å². The number of amides is 1. The zero-order valence-electron chi connectivity index (χ0n) is 18.5. The van der Waals surface area contributed by atoms with Crippen LogP contribution in [0.4, 0.5) is 5.82 Å². The van der Waals surface area contributed by atoms with Crippen LogP contribution in [0.25, 0.3) is 22.6 Å². The first-order valence-corrected chi connectivity index (χ1v) is 12.6. The van der Waals surface area contributed by atoms with Crippen molar-refractivity contribution in [3.63, 3.8) is 0 Å². The van der Waals surface area contributed by atoms with E-state index in [0.717, 1.165) is 23.1 Å². The highest BCUT2D eigenvalue weighted by Gasteiger charge is 2.31. The summed E-state index contributed by atoms with van der Waals surface area (Å²) in [5.41, 5.74) is 3.62. The number of nitrogens with zero attached hydrogens (tertiary/aromatic N) is 4. The number of rotatable bonds is 7. The van der Waals surface area contributed by atoms with Crippen molar-refractivity contribution in [2.75, 3.05) is 23.9 Å². The molecule has 0 unspecified atom stereocenters. The molecule has 9 nitrogen and oxygen atoms in total. The lowest BCUT2D eigenvalue weighted by Crippen LogP contribution is -2.49. The fourth-order valence-corrected chi connectivity index (χ4v) is 4.55. The summed E-state index contributed by atoms with van der Waals surface area (Å²) >= 11 is 0. The second-order valence-corrected chi connectivity index (χ2v) is 10.2. The predicted molar refractivity (Wildman–Crippen MR) is 122 cm³/mol. The molecular weight excluding hydrogens is 430 g/mol. The van der Waals surface area contributed by atoms with Crippen molar-refractivity contribution in [1.82, 2.24) is 19.9 Å². The molecule has 1 saturated heterocycles. The molecule has 10 heteroatoms. The van der Waals surface area contributed by atoms with Crippen molar-refractivity contribution < 1.29 is 17.9 Å². The van der Waals surface area contributed by atoms with Gasteiger partial charge < -0.3 is 9.72 Å². The van der Waals surface area contributed by atoms with Gasteiger partial charge in [0.25, 0.3) is 5.91 Å². The number of nitrogens with one attached hydrogen (secondary N) is 1. The minimum Gasteiger partial charge on any atom is -0.369 e. The maximum absolute atomic E-state index is 12.7. The molecule has 32 heavy (non-hydrogen) atoms. The third kappa shape index (κ3) is 4.51. The molecule has 0 saturated carbocycles. The standard InChI is InChI=1S/C22H27N5O4S/c1-4-14-9-19-17(23-14)7-8-18(25-19)22-24-15(13-32(29,30)6-3)10-20(26-22)27-16(5-2)11-31-12-21(27)28/h7-10,16,23H,4-6,11-13H2,1-3H3/t16-/m0/s1. The molecule has 1 aliphatic heterocycles. The molecule has 1 fully saturated rings. The van der Waals surface area contributed by atoms with Crippen LogP contribution in [0.5, 0.6) is 0 Å². The van der Waals surface area contributed by atoms with E-state index < -0.39 is 9.84 Å². The molecule has 0 bridgehead atoms. The minimum absolute atomic E-state index is 0.00307. The van der Waals surface area contributed by atoms with Crippen LogP contribution in [0.3, 0.4) is 0 Å². The smallest absolute Gasteiger partial charge is 0.254 e. The second-order valence-electron chi connectivity index (χ2n) is 7.84. The molecule has 3 aromatic rings. The Balaban J connectivity index is 1.84. The number of carbonyl (C=O) groups excluding carboxylic acids is 1. The van der Waals surface area contributed by atoms with Crippen LogP contribution in [-0.2, 0) is 31.5 Å². The van der Waals surface area contributed by atoms with Gasteiger partial charge in [0, 0.05) is 17.5 Å². The number of anilines is 1. The summed E-state index contributed by atoms with van der Waals surface area (Å²) in [5, 5.41) is 0. The van der Waals surface area contributed by atoms with E-state index in [0.29, 0.717) is 36.1 Å². The number of aromatic amines is 1. The summed E-state index contributed by atoms with van der Waals surface area (Å²) < 4.78 is 30.0. The maximum Gasteiger partial charge on any atom is 0.254 e. The average molecular weight is 458 g/mol. The van der Waals surface area contributed by atoms with Crippen molar-refractivity contribution in [2.45, 2.75) is 45.4 Å². The molecule has 0 spiro atoms. The number of aromatic nitrogens is 4. The van der Waals surface area contributed by atoms with Crippen LogP contribution >= 0.6 is 0 Å².